The number of para-hydroxylation sites is 1. The molecule has 2 N–H and O–H groups in total. The summed E-state index contributed by atoms with van der Waals surface area (Å²) in [5, 5.41) is 1.29. The number of ether oxygens (including phenoxy) is 1. The Morgan fingerprint density at radius 3 is 2.30 bits per heavy atom. The lowest BCUT2D eigenvalue weighted by atomic mass is 10.0. The molecule has 1 atom stereocenters. The van der Waals surface area contributed by atoms with E-state index in [2.05, 4.69) is 17.1 Å². The van der Waals surface area contributed by atoms with Gasteiger partial charge in [-0.2, -0.15) is 0 Å². The molecule has 0 spiro atoms. The number of hydrogen-bond acceptors (Lipinski definition) is 3. The summed E-state index contributed by atoms with van der Waals surface area (Å²) >= 11 is 7.58. The van der Waals surface area contributed by atoms with Crippen molar-refractivity contribution in [3.05, 3.63) is 101 Å². The van der Waals surface area contributed by atoms with Crippen molar-refractivity contribution in [1.29, 1.82) is 0 Å². The molecule has 0 aliphatic heterocycles. The standard InChI is InChI=1S/C22H21ClN2OS/c1-26-20-10-6-5-9-18(20)15-25-22(24)27-21(16-7-3-2-4-8-16)17-11-13-19(23)14-12-17/h2-14,21H,15H2,1H3,(H2,24,25)/t21-/m1/s1. The molecule has 0 radical (unpaired) electrons. The van der Waals surface area contributed by atoms with Gasteiger partial charge in [-0.05, 0) is 29.3 Å². The zero-order chi connectivity index (χ0) is 19.1. The Labute approximate surface area is 169 Å². The molecule has 0 heterocycles. The van der Waals surface area contributed by atoms with Crippen LogP contribution in [0, 0.1) is 0 Å². The van der Waals surface area contributed by atoms with Gasteiger partial charge in [-0.25, -0.2) is 0 Å². The number of aliphatic imine (C=N–C) groups is 1. The average Bonchev–Trinajstić information content (AvgIpc) is 2.72. The Kier molecular flexibility index (Phi) is 6.80. The van der Waals surface area contributed by atoms with Gasteiger partial charge in [0.15, 0.2) is 5.17 Å². The minimum absolute atomic E-state index is 0.0462. The van der Waals surface area contributed by atoms with Crippen molar-refractivity contribution in [3.8, 4) is 5.75 Å². The van der Waals surface area contributed by atoms with Crippen LogP contribution in [0.3, 0.4) is 0 Å². The molecule has 0 unspecified atom stereocenters. The molecule has 5 heteroatoms. The average molecular weight is 397 g/mol. The summed E-state index contributed by atoms with van der Waals surface area (Å²) in [7, 11) is 1.66. The summed E-state index contributed by atoms with van der Waals surface area (Å²) in [5.41, 5.74) is 9.57. The van der Waals surface area contributed by atoms with Crippen molar-refractivity contribution in [2.24, 2.45) is 10.7 Å². The molecule has 3 nitrogen and oxygen atoms in total. The van der Waals surface area contributed by atoms with E-state index in [-0.39, 0.29) is 5.25 Å². The third kappa shape index (κ3) is 5.28. The molecule has 0 fully saturated rings. The Hall–Kier alpha value is -2.43. The van der Waals surface area contributed by atoms with E-state index in [0.717, 1.165) is 16.9 Å². The van der Waals surface area contributed by atoms with E-state index >= 15 is 0 Å². The van der Waals surface area contributed by atoms with Crippen LogP contribution in [0.1, 0.15) is 21.9 Å². The van der Waals surface area contributed by atoms with Gasteiger partial charge in [-0.1, -0.05) is 84.0 Å². The molecule has 0 saturated carbocycles. The van der Waals surface area contributed by atoms with Gasteiger partial charge in [-0.15, -0.1) is 0 Å². The van der Waals surface area contributed by atoms with Crippen LogP contribution in [-0.4, -0.2) is 12.3 Å². The van der Waals surface area contributed by atoms with Crippen LogP contribution < -0.4 is 10.5 Å². The van der Waals surface area contributed by atoms with Crippen LogP contribution in [-0.2, 0) is 6.54 Å². The van der Waals surface area contributed by atoms with Crippen molar-refractivity contribution < 1.29 is 4.74 Å². The van der Waals surface area contributed by atoms with Crippen LogP contribution >= 0.6 is 23.4 Å². The van der Waals surface area contributed by atoms with Crippen LogP contribution in [0.5, 0.6) is 5.75 Å². The molecular formula is C22H21ClN2OS. The van der Waals surface area contributed by atoms with Gasteiger partial charge in [0.05, 0.1) is 18.9 Å². The van der Waals surface area contributed by atoms with E-state index < -0.39 is 0 Å². The molecule has 0 amide bonds. The summed E-state index contributed by atoms with van der Waals surface area (Å²) < 4.78 is 5.38. The van der Waals surface area contributed by atoms with Crippen LogP contribution in [0.15, 0.2) is 83.9 Å². The Morgan fingerprint density at radius 2 is 1.59 bits per heavy atom. The summed E-state index contributed by atoms with van der Waals surface area (Å²) in [6.45, 7) is 0.477. The number of thioether (sulfide) groups is 1. The number of halogens is 1. The molecule has 0 aromatic heterocycles. The first-order chi connectivity index (χ1) is 13.2. The maximum atomic E-state index is 6.26. The predicted octanol–water partition coefficient (Wildman–Crippen LogP) is 5.69. The second-order valence-corrected chi connectivity index (χ2v) is 7.49. The SMILES string of the molecule is COc1ccccc1CN=C(N)S[C@H](c1ccccc1)c1ccc(Cl)cc1. The van der Waals surface area contributed by atoms with Gasteiger partial charge < -0.3 is 10.5 Å². The van der Waals surface area contributed by atoms with Crippen molar-refractivity contribution in [2.45, 2.75) is 11.8 Å². The van der Waals surface area contributed by atoms with Crippen molar-refractivity contribution in [1.82, 2.24) is 0 Å². The Bertz CT molecular complexity index is 898. The molecular weight excluding hydrogens is 376 g/mol. The van der Waals surface area contributed by atoms with E-state index in [9.17, 15) is 0 Å². The van der Waals surface area contributed by atoms with Crippen molar-refractivity contribution >= 4 is 28.5 Å². The van der Waals surface area contributed by atoms with Crippen LogP contribution in [0.4, 0.5) is 0 Å². The number of nitrogens with two attached hydrogens (primary N) is 1. The fourth-order valence-corrected chi connectivity index (χ4v) is 3.84. The summed E-state index contributed by atoms with van der Waals surface area (Å²) in [6.07, 6.45) is 0. The maximum Gasteiger partial charge on any atom is 0.155 e. The normalized spacial score (nSPS) is 12.6. The first kappa shape index (κ1) is 19.3. The molecule has 3 rings (SSSR count). The summed E-state index contributed by atoms with van der Waals surface area (Å²) in [5.74, 6) is 0.816. The van der Waals surface area contributed by atoms with Crippen molar-refractivity contribution in [3.63, 3.8) is 0 Å². The quantitative estimate of drug-likeness (QED) is 0.430. The highest BCUT2D eigenvalue weighted by atomic mass is 35.5. The molecule has 0 aliphatic rings. The molecule has 3 aromatic rings. The van der Waals surface area contributed by atoms with Crippen molar-refractivity contribution in [2.75, 3.05) is 7.11 Å². The monoisotopic (exact) mass is 396 g/mol. The third-order valence-corrected chi connectivity index (χ3v) is 5.51. The Balaban J connectivity index is 1.82. The van der Waals surface area contributed by atoms with E-state index in [1.165, 1.54) is 17.3 Å². The Morgan fingerprint density at radius 1 is 0.963 bits per heavy atom. The van der Waals surface area contributed by atoms with Crippen LogP contribution in [0.25, 0.3) is 0 Å². The van der Waals surface area contributed by atoms with Gasteiger partial charge in [0.1, 0.15) is 5.75 Å². The summed E-state index contributed by atoms with van der Waals surface area (Å²) in [6, 6.07) is 25.9. The molecule has 27 heavy (non-hydrogen) atoms. The number of rotatable bonds is 6. The zero-order valence-corrected chi connectivity index (χ0v) is 16.6. The lowest BCUT2D eigenvalue weighted by Gasteiger charge is -2.17. The van der Waals surface area contributed by atoms with E-state index in [0.29, 0.717) is 16.7 Å². The minimum Gasteiger partial charge on any atom is -0.496 e. The van der Waals surface area contributed by atoms with E-state index in [1.807, 2.05) is 66.7 Å². The lowest BCUT2D eigenvalue weighted by Crippen LogP contribution is -2.11. The fraction of sp³-hybridized carbons (Fsp3) is 0.136. The first-order valence-electron chi connectivity index (χ1n) is 8.56. The summed E-state index contributed by atoms with van der Waals surface area (Å²) in [4.78, 5) is 4.56. The minimum atomic E-state index is 0.0462. The predicted molar refractivity (Wildman–Crippen MR) is 116 cm³/mol. The number of benzene rings is 3. The fourth-order valence-electron chi connectivity index (χ4n) is 2.75. The zero-order valence-electron chi connectivity index (χ0n) is 15.0. The highest BCUT2D eigenvalue weighted by Crippen LogP contribution is 2.36. The molecule has 0 aliphatic carbocycles. The van der Waals surface area contributed by atoms with Gasteiger partial charge >= 0.3 is 0 Å². The van der Waals surface area contributed by atoms with Gasteiger partial charge in [-0.3, -0.25) is 4.99 Å². The van der Waals surface area contributed by atoms with Gasteiger partial charge in [0.25, 0.3) is 0 Å². The number of amidine groups is 1. The van der Waals surface area contributed by atoms with Gasteiger partial charge in [0.2, 0.25) is 0 Å². The number of nitrogens with zero attached hydrogens (tertiary/aromatic N) is 1. The second-order valence-electron chi connectivity index (χ2n) is 5.93. The number of hydrogen-bond donors (Lipinski definition) is 1. The highest BCUT2D eigenvalue weighted by Gasteiger charge is 2.16. The molecule has 3 aromatic carbocycles. The first-order valence-corrected chi connectivity index (χ1v) is 9.82. The third-order valence-electron chi connectivity index (χ3n) is 4.11. The van der Waals surface area contributed by atoms with E-state index in [1.54, 1.807) is 7.11 Å². The lowest BCUT2D eigenvalue weighted by molar-refractivity contribution is 0.410. The molecule has 0 bridgehead atoms. The topological polar surface area (TPSA) is 47.6 Å². The van der Waals surface area contributed by atoms with Crippen LogP contribution in [0.2, 0.25) is 5.02 Å². The largest absolute Gasteiger partial charge is 0.496 e. The number of methoxy groups -OCH3 is 1. The van der Waals surface area contributed by atoms with Gasteiger partial charge in [0, 0.05) is 10.6 Å². The molecule has 138 valence electrons. The highest BCUT2D eigenvalue weighted by molar-refractivity contribution is 8.14. The molecule has 0 saturated heterocycles. The second kappa shape index (κ2) is 9.49. The van der Waals surface area contributed by atoms with E-state index in [4.69, 9.17) is 22.1 Å². The maximum absolute atomic E-state index is 6.26. The smallest absolute Gasteiger partial charge is 0.155 e.